The van der Waals surface area contributed by atoms with Crippen LogP contribution >= 0.6 is 0 Å². The van der Waals surface area contributed by atoms with Gasteiger partial charge < -0.3 is 24.1 Å². The summed E-state index contributed by atoms with van der Waals surface area (Å²) in [5.41, 5.74) is 0. The topological polar surface area (TPSA) is 57.2 Å². The van der Waals surface area contributed by atoms with Gasteiger partial charge in [-0.05, 0) is 13.8 Å². The minimum atomic E-state index is -0.835. The maximum absolute atomic E-state index is 9.39. The maximum Gasteiger partial charge on any atom is 0.189 e. The smallest absolute Gasteiger partial charge is 0.189 e. The zero-order chi connectivity index (χ0) is 10.3. The van der Waals surface area contributed by atoms with Gasteiger partial charge >= 0.3 is 0 Å². The van der Waals surface area contributed by atoms with Gasteiger partial charge in [0.2, 0.25) is 0 Å². The fraction of sp³-hybridized carbons (Fsp3) is 1.00. The van der Waals surface area contributed by atoms with E-state index in [1.165, 1.54) is 7.11 Å². The van der Waals surface area contributed by atoms with Crippen molar-refractivity contribution in [3.05, 3.63) is 0 Å². The summed E-state index contributed by atoms with van der Waals surface area (Å²) in [4.78, 5) is 0. The highest BCUT2D eigenvalue weighted by atomic mass is 16.8. The van der Waals surface area contributed by atoms with Crippen LogP contribution in [0.15, 0.2) is 0 Å². The van der Waals surface area contributed by atoms with Gasteiger partial charge in [-0.1, -0.05) is 0 Å². The van der Waals surface area contributed by atoms with Crippen molar-refractivity contribution >= 4 is 0 Å². The maximum atomic E-state index is 9.39. The standard InChI is InChI=1S/C9H16O5/c1-9(2)13-5-4-6(10)12-8(11-3)7(5)14-9/h5-8,10H,4H2,1-3H3/t5?,6-,7?,8?/m0/s1. The average Bonchev–Trinajstić information content (AvgIpc) is 2.37. The summed E-state index contributed by atoms with van der Waals surface area (Å²) >= 11 is 0. The Hall–Kier alpha value is -0.200. The van der Waals surface area contributed by atoms with Crippen molar-refractivity contribution in [3.63, 3.8) is 0 Å². The number of methoxy groups -OCH3 is 1. The number of aliphatic hydroxyl groups excluding tert-OH is 1. The Kier molecular flexibility index (Phi) is 2.53. The minimum Gasteiger partial charge on any atom is -0.368 e. The highest BCUT2D eigenvalue weighted by molar-refractivity contribution is 4.87. The molecule has 3 unspecified atom stereocenters. The molecule has 2 rings (SSSR count). The zero-order valence-corrected chi connectivity index (χ0v) is 8.60. The zero-order valence-electron chi connectivity index (χ0n) is 8.60. The van der Waals surface area contributed by atoms with E-state index in [2.05, 4.69) is 0 Å². The van der Waals surface area contributed by atoms with E-state index in [9.17, 15) is 5.11 Å². The number of ether oxygens (including phenoxy) is 4. The predicted octanol–water partition coefficient (Wildman–Crippen LogP) is 0.218. The summed E-state index contributed by atoms with van der Waals surface area (Å²) < 4.78 is 21.5. The molecule has 4 atom stereocenters. The Bertz CT molecular complexity index is 217. The van der Waals surface area contributed by atoms with Gasteiger partial charge in [-0.15, -0.1) is 0 Å². The molecule has 82 valence electrons. The second-order valence-electron chi connectivity index (χ2n) is 4.07. The van der Waals surface area contributed by atoms with E-state index in [4.69, 9.17) is 18.9 Å². The summed E-state index contributed by atoms with van der Waals surface area (Å²) in [5, 5.41) is 9.39. The lowest BCUT2D eigenvalue weighted by Gasteiger charge is -2.33. The molecule has 0 amide bonds. The Balaban J connectivity index is 2.10. The summed E-state index contributed by atoms with van der Waals surface area (Å²) in [7, 11) is 1.52. The number of fused-ring (bicyclic) bond motifs is 1. The largest absolute Gasteiger partial charge is 0.368 e. The fourth-order valence-corrected chi connectivity index (χ4v) is 1.95. The van der Waals surface area contributed by atoms with Crippen LogP contribution in [0.3, 0.4) is 0 Å². The highest BCUT2D eigenvalue weighted by Crippen LogP contribution is 2.36. The molecule has 14 heavy (non-hydrogen) atoms. The van der Waals surface area contributed by atoms with Crippen LogP contribution < -0.4 is 0 Å². The predicted molar refractivity (Wildman–Crippen MR) is 46.3 cm³/mol. The van der Waals surface area contributed by atoms with Gasteiger partial charge in [-0.25, -0.2) is 0 Å². The molecule has 5 heteroatoms. The van der Waals surface area contributed by atoms with Crippen molar-refractivity contribution in [2.45, 2.75) is 50.8 Å². The van der Waals surface area contributed by atoms with E-state index in [0.29, 0.717) is 6.42 Å². The van der Waals surface area contributed by atoms with Crippen LogP contribution in [-0.2, 0) is 18.9 Å². The molecule has 2 aliphatic heterocycles. The first-order valence-corrected chi connectivity index (χ1v) is 4.74. The molecule has 2 saturated heterocycles. The van der Waals surface area contributed by atoms with E-state index >= 15 is 0 Å². The molecule has 0 saturated carbocycles. The third-order valence-corrected chi connectivity index (χ3v) is 2.45. The van der Waals surface area contributed by atoms with E-state index in [0.717, 1.165) is 0 Å². The quantitative estimate of drug-likeness (QED) is 0.662. The van der Waals surface area contributed by atoms with Gasteiger partial charge in [0.1, 0.15) is 6.10 Å². The van der Waals surface area contributed by atoms with Crippen LogP contribution in [-0.4, -0.2) is 42.8 Å². The van der Waals surface area contributed by atoms with Crippen LogP contribution in [0, 0.1) is 0 Å². The molecule has 0 aliphatic carbocycles. The van der Waals surface area contributed by atoms with Gasteiger partial charge in [-0.3, -0.25) is 0 Å². The van der Waals surface area contributed by atoms with Crippen molar-refractivity contribution in [3.8, 4) is 0 Å². The molecule has 0 aromatic heterocycles. The van der Waals surface area contributed by atoms with Crippen LogP contribution in [0.2, 0.25) is 0 Å². The van der Waals surface area contributed by atoms with E-state index in [-0.39, 0.29) is 12.2 Å². The van der Waals surface area contributed by atoms with E-state index in [1.807, 2.05) is 13.8 Å². The number of aliphatic hydroxyl groups is 1. The second-order valence-corrected chi connectivity index (χ2v) is 4.07. The molecule has 0 radical (unpaired) electrons. The summed E-state index contributed by atoms with van der Waals surface area (Å²) in [6.45, 7) is 3.68. The third kappa shape index (κ3) is 1.78. The SMILES string of the molecule is COC1O[C@H](O)CC2OC(C)(C)OC21. The summed E-state index contributed by atoms with van der Waals surface area (Å²) in [6, 6.07) is 0. The molecule has 2 aliphatic rings. The molecule has 5 nitrogen and oxygen atoms in total. The molecule has 1 N–H and O–H groups in total. The second kappa shape index (κ2) is 3.43. The van der Waals surface area contributed by atoms with Crippen molar-refractivity contribution in [1.29, 1.82) is 0 Å². The van der Waals surface area contributed by atoms with Crippen LogP contribution in [0.1, 0.15) is 20.3 Å². The minimum absolute atomic E-state index is 0.154. The lowest BCUT2D eigenvalue weighted by atomic mass is 10.1. The molecule has 0 aromatic rings. The van der Waals surface area contributed by atoms with Crippen molar-refractivity contribution in [1.82, 2.24) is 0 Å². The van der Waals surface area contributed by atoms with Crippen molar-refractivity contribution in [2.24, 2.45) is 0 Å². The monoisotopic (exact) mass is 204 g/mol. The van der Waals surface area contributed by atoms with Crippen LogP contribution in [0.5, 0.6) is 0 Å². The summed E-state index contributed by atoms with van der Waals surface area (Å²) in [5.74, 6) is -0.625. The molecule has 2 heterocycles. The molecular formula is C9H16O5. The van der Waals surface area contributed by atoms with Crippen molar-refractivity contribution in [2.75, 3.05) is 7.11 Å². The van der Waals surface area contributed by atoms with Crippen molar-refractivity contribution < 1.29 is 24.1 Å². The van der Waals surface area contributed by atoms with Gasteiger partial charge in [0.05, 0.1) is 6.10 Å². The number of hydrogen-bond acceptors (Lipinski definition) is 5. The first kappa shape index (κ1) is 10.3. The number of rotatable bonds is 1. The molecule has 0 spiro atoms. The Labute approximate surface area is 82.9 Å². The normalized spacial score (nSPS) is 46.3. The molecule has 2 fully saturated rings. The lowest BCUT2D eigenvalue weighted by molar-refractivity contribution is -0.285. The fourth-order valence-electron chi connectivity index (χ4n) is 1.95. The van der Waals surface area contributed by atoms with E-state index in [1.54, 1.807) is 0 Å². The van der Waals surface area contributed by atoms with Gasteiger partial charge in [0.15, 0.2) is 18.4 Å². The number of hydrogen-bond donors (Lipinski definition) is 1. The first-order chi connectivity index (χ1) is 6.52. The molecule has 0 aromatic carbocycles. The van der Waals surface area contributed by atoms with Crippen LogP contribution in [0.4, 0.5) is 0 Å². The Morgan fingerprint density at radius 1 is 1.36 bits per heavy atom. The van der Waals surface area contributed by atoms with E-state index < -0.39 is 18.4 Å². The molecule has 0 bridgehead atoms. The van der Waals surface area contributed by atoms with Gasteiger partial charge in [0, 0.05) is 13.5 Å². The van der Waals surface area contributed by atoms with Gasteiger partial charge in [-0.2, -0.15) is 0 Å². The Morgan fingerprint density at radius 3 is 2.71 bits per heavy atom. The van der Waals surface area contributed by atoms with Gasteiger partial charge in [0.25, 0.3) is 0 Å². The Morgan fingerprint density at radius 2 is 2.07 bits per heavy atom. The first-order valence-electron chi connectivity index (χ1n) is 4.74. The summed E-state index contributed by atoms with van der Waals surface area (Å²) in [6.07, 6.45) is -1.37. The lowest BCUT2D eigenvalue weighted by Crippen LogP contribution is -2.47. The third-order valence-electron chi connectivity index (χ3n) is 2.45. The van der Waals surface area contributed by atoms with Crippen LogP contribution in [0.25, 0.3) is 0 Å². The average molecular weight is 204 g/mol. The highest BCUT2D eigenvalue weighted by Gasteiger charge is 2.50. The molecular weight excluding hydrogens is 188 g/mol.